The molecule has 0 aliphatic heterocycles. The third kappa shape index (κ3) is 3.51. The predicted molar refractivity (Wildman–Crippen MR) is 76.5 cm³/mol. The highest BCUT2D eigenvalue weighted by Gasteiger charge is 2.10. The molecule has 98 valence electrons. The van der Waals surface area contributed by atoms with Gasteiger partial charge in [0.15, 0.2) is 0 Å². The fourth-order valence-electron chi connectivity index (χ4n) is 1.50. The maximum atomic E-state index is 12.0. The number of nitrogen functional groups attached to an aromatic ring is 1. The largest absolute Gasteiger partial charge is 0.398 e. The first-order valence-electron chi connectivity index (χ1n) is 5.67. The monoisotopic (exact) mass is 320 g/mol. The van der Waals surface area contributed by atoms with Crippen molar-refractivity contribution in [2.45, 2.75) is 13.5 Å². The number of benzene rings is 1. The number of anilines is 1. The van der Waals surface area contributed by atoms with E-state index in [-0.39, 0.29) is 5.91 Å². The highest BCUT2D eigenvalue weighted by Crippen LogP contribution is 2.18. The number of hydrogen-bond donors (Lipinski definition) is 2. The Balaban J connectivity index is 2.05. The summed E-state index contributed by atoms with van der Waals surface area (Å²) in [5, 5.41) is 2.76. The molecule has 0 radical (unpaired) electrons. The Morgan fingerprint density at radius 2 is 2.16 bits per heavy atom. The molecule has 2 aromatic rings. The smallest absolute Gasteiger partial charge is 0.253 e. The van der Waals surface area contributed by atoms with E-state index in [0.29, 0.717) is 23.5 Å². The molecule has 0 aliphatic carbocycles. The highest BCUT2D eigenvalue weighted by atomic mass is 79.9. The van der Waals surface area contributed by atoms with Crippen molar-refractivity contribution >= 4 is 27.5 Å². The zero-order valence-electron chi connectivity index (χ0n) is 10.4. The second-order valence-electron chi connectivity index (χ2n) is 4.06. The van der Waals surface area contributed by atoms with Crippen molar-refractivity contribution in [2.24, 2.45) is 0 Å². The molecule has 0 fully saturated rings. The molecule has 2 rings (SSSR count). The van der Waals surface area contributed by atoms with Gasteiger partial charge in [-0.15, -0.1) is 0 Å². The van der Waals surface area contributed by atoms with Crippen molar-refractivity contribution in [1.29, 1.82) is 0 Å². The number of carbonyl (C=O) groups is 1. The number of halogens is 1. The molecule has 19 heavy (non-hydrogen) atoms. The van der Waals surface area contributed by atoms with Gasteiger partial charge in [0, 0.05) is 16.4 Å². The topological polar surface area (TPSA) is 80.9 Å². The van der Waals surface area contributed by atoms with Gasteiger partial charge >= 0.3 is 0 Å². The van der Waals surface area contributed by atoms with Crippen LogP contribution < -0.4 is 11.1 Å². The number of nitrogens with zero attached hydrogens (tertiary/aromatic N) is 2. The van der Waals surface area contributed by atoms with Crippen LogP contribution in [0.5, 0.6) is 0 Å². The van der Waals surface area contributed by atoms with E-state index >= 15 is 0 Å². The summed E-state index contributed by atoms with van der Waals surface area (Å²) in [6.07, 6.45) is 3.30. The lowest BCUT2D eigenvalue weighted by Crippen LogP contribution is -2.24. The predicted octanol–water partition coefficient (Wildman–Crippen LogP) is 2.06. The zero-order valence-corrected chi connectivity index (χ0v) is 11.9. The summed E-state index contributed by atoms with van der Waals surface area (Å²) in [5.41, 5.74) is 8.19. The minimum atomic E-state index is -0.235. The number of rotatable bonds is 3. The SMILES string of the molecule is Cc1cnc(CNC(=O)c2cc(Br)ccc2N)cn1. The van der Waals surface area contributed by atoms with Crippen LogP contribution in [-0.2, 0) is 6.54 Å². The lowest BCUT2D eigenvalue weighted by atomic mass is 10.1. The van der Waals surface area contributed by atoms with E-state index in [1.54, 1.807) is 30.6 Å². The van der Waals surface area contributed by atoms with Crippen LogP contribution in [0.4, 0.5) is 5.69 Å². The van der Waals surface area contributed by atoms with Crippen LogP contribution in [0.2, 0.25) is 0 Å². The summed E-state index contributed by atoms with van der Waals surface area (Å²) in [5.74, 6) is -0.235. The number of nitrogens with one attached hydrogen (secondary N) is 1. The van der Waals surface area contributed by atoms with E-state index in [2.05, 4.69) is 31.2 Å². The van der Waals surface area contributed by atoms with E-state index in [1.165, 1.54) is 0 Å². The molecule has 1 heterocycles. The summed E-state index contributed by atoms with van der Waals surface area (Å²) >= 11 is 3.31. The Hall–Kier alpha value is -1.95. The Morgan fingerprint density at radius 1 is 1.37 bits per heavy atom. The molecule has 3 N–H and O–H groups in total. The highest BCUT2D eigenvalue weighted by molar-refractivity contribution is 9.10. The van der Waals surface area contributed by atoms with Gasteiger partial charge in [0.1, 0.15) is 0 Å². The van der Waals surface area contributed by atoms with Gasteiger partial charge < -0.3 is 11.1 Å². The Labute approximate surface area is 119 Å². The van der Waals surface area contributed by atoms with Gasteiger partial charge in [-0.1, -0.05) is 15.9 Å². The summed E-state index contributed by atoms with van der Waals surface area (Å²) < 4.78 is 0.807. The minimum absolute atomic E-state index is 0.235. The van der Waals surface area contributed by atoms with Gasteiger partial charge in [-0.2, -0.15) is 0 Å². The summed E-state index contributed by atoms with van der Waals surface area (Å²) in [6.45, 7) is 2.18. The molecule has 6 heteroatoms. The number of carbonyl (C=O) groups excluding carboxylic acids is 1. The van der Waals surface area contributed by atoms with E-state index < -0.39 is 0 Å². The molecular weight excluding hydrogens is 308 g/mol. The van der Waals surface area contributed by atoms with E-state index in [0.717, 1.165) is 10.2 Å². The average molecular weight is 321 g/mol. The Bertz CT molecular complexity index is 598. The van der Waals surface area contributed by atoms with Crippen LogP contribution in [0.1, 0.15) is 21.7 Å². The first-order valence-corrected chi connectivity index (χ1v) is 6.46. The Kier molecular flexibility index (Phi) is 4.11. The van der Waals surface area contributed by atoms with Crippen molar-refractivity contribution in [3.8, 4) is 0 Å². The maximum Gasteiger partial charge on any atom is 0.253 e. The van der Waals surface area contributed by atoms with E-state index in [1.807, 2.05) is 6.92 Å². The van der Waals surface area contributed by atoms with Crippen molar-refractivity contribution in [1.82, 2.24) is 15.3 Å². The molecule has 0 unspecified atom stereocenters. The second kappa shape index (κ2) is 5.79. The first-order chi connectivity index (χ1) is 9.06. The normalized spacial score (nSPS) is 10.2. The molecule has 0 saturated carbocycles. The van der Waals surface area contributed by atoms with Crippen LogP contribution in [0.25, 0.3) is 0 Å². The van der Waals surface area contributed by atoms with Crippen LogP contribution in [-0.4, -0.2) is 15.9 Å². The lowest BCUT2D eigenvalue weighted by molar-refractivity contribution is 0.0951. The summed E-state index contributed by atoms with van der Waals surface area (Å²) in [6, 6.07) is 5.16. The quantitative estimate of drug-likeness (QED) is 0.848. The maximum absolute atomic E-state index is 12.0. The molecule has 0 spiro atoms. The molecule has 1 amide bonds. The van der Waals surface area contributed by atoms with Crippen LogP contribution in [0.3, 0.4) is 0 Å². The van der Waals surface area contributed by atoms with Gasteiger partial charge in [-0.25, -0.2) is 0 Å². The van der Waals surface area contributed by atoms with E-state index in [4.69, 9.17) is 5.73 Å². The summed E-state index contributed by atoms with van der Waals surface area (Å²) in [7, 11) is 0. The number of aromatic nitrogens is 2. The number of hydrogen-bond acceptors (Lipinski definition) is 4. The Morgan fingerprint density at radius 3 is 2.84 bits per heavy atom. The van der Waals surface area contributed by atoms with Crippen molar-refractivity contribution in [3.05, 3.63) is 52.0 Å². The van der Waals surface area contributed by atoms with Gasteiger partial charge in [0.25, 0.3) is 5.91 Å². The van der Waals surface area contributed by atoms with Crippen molar-refractivity contribution < 1.29 is 4.79 Å². The second-order valence-corrected chi connectivity index (χ2v) is 4.98. The number of nitrogens with two attached hydrogens (primary N) is 1. The fraction of sp³-hybridized carbons (Fsp3) is 0.154. The number of amides is 1. The molecule has 0 bridgehead atoms. The fourth-order valence-corrected chi connectivity index (χ4v) is 1.86. The van der Waals surface area contributed by atoms with Crippen LogP contribution >= 0.6 is 15.9 Å². The third-order valence-corrected chi connectivity index (χ3v) is 3.02. The standard InChI is InChI=1S/C13H13BrN4O/c1-8-5-17-10(6-16-8)7-18-13(19)11-4-9(14)2-3-12(11)15/h2-6H,7,15H2,1H3,(H,18,19). The molecule has 0 saturated heterocycles. The molecule has 0 aliphatic rings. The van der Waals surface area contributed by atoms with Gasteiger partial charge in [0.05, 0.1) is 29.7 Å². The van der Waals surface area contributed by atoms with Crippen molar-refractivity contribution in [3.63, 3.8) is 0 Å². The minimum Gasteiger partial charge on any atom is -0.398 e. The van der Waals surface area contributed by atoms with Crippen LogP contribution in [0, 0.1) is 6.92 Å². The molecule has 0 atom stereocenters. The molecule has 1 aromatic carbocycles. The third-order valence-electron chi connectivity index (χ3n) is 2.52. The van der Waals surface area contributed by atoms with Crippen LogP contribution in [0.15, 0.2) is 35.1 Å². The number of aryl methyl sites for hydroxylation is 1. The van der Waals surface area contributed by atoms with Gasteiger partial charge in [-0.3, -0.25) is 14.8 Å². The summed E-state index contributed by atoms with van der Waals surface area (Å²) in [4.78, 5) is 20.3. The van der Waals surface area contributed by atoms with Gasteiger partial charge in [0.2, 0.25) is 0 Å². The lowest BCUT2D eigenvalue weighted by Gasteiger charge is -2.07. The molecular formula is C13H13BrN4O. The first kappa shape index (κ1) is 13.5. The van der Waals surface area contributed by atoms with Crippen molar-refractivity contribution in [2.75, 3.05) is 5.73 Å². The molecule has 1 aromatic heterocycles. The zero-order chi connectivity index (χ0) is 13.8. The average Bonchev–Trinajstić information content (AvgIpc) is 2.40. The van der Waals surface area contributed by atoms with E-state index in [9.17, 15) is 4.79 Å². The molecule has 5 nitrogen and oxygen atoms in total. The van der Waals surface area contributed by atoms with Gasteiger partial charge in [-0.05, 0) is 25.1 Å².